The first-order valence-electron chi connectivity index (χ1n) is 8.38. The lowest BCUT2D eigenvalue weighted by Crippen LogP contribution is -2.20. The van der Waals surface area contributed by atoms with Crippen LogP contribution in [0.5, 0.6) is 0 Å². The van der Waals surface area contributed by atoms with Gasteiger partial charge in [-0.2, -0.15) is 0 Å². The van der Waals surface area contributed by atoms with Crippen LogP contribution in [0.1, 0.15) is 41.9 Å². The molecule has 0 radical (unpaired) electrons. The minimum atomic E-state index is -0.428. The number of hydrogen-bond donors (Lipinski definition) is 2. The van der Waals surface area contributed by atoms with Crippen LogP contribution in [0.2, 0.25) is 0 Å². The largest absolute Gasteiger partial charge is 0.465 e. The number of carbonyl (C=O) groups excluding carboxylic acids is 2. The van der Waals surface area contributed by atoms with Gasteiger partial charge >= 0.3 is 5.97 Å². The van der Waals surface area contributed by atoms with Gasteiger partial charge in [0, 0.05) is 10.9 Å². The summed E-state index contributed by atoms with van der Waals surface area (Å²) in [6.45, 7) is 4.22. The summed E-state index contributed by atoms with van der Waals surface area (Å²) in [5, 5.41) is 8.30. The number of ether oxygens (including phenoxy) is 1. The van der Waals surface area contributed by atoms with E-state index in [2.05, 4.69) is 24.5 Å². The molecule has 25 heavy (non-hydrogen) atoms. The summed E-state index contributed by atoms with van der Waals surface area (Å²) in [6, 6.07) is 9.32. The fourth-order valence-electron chi connectivity index (χ4n) is 2.50. The Hall–Kier alpha value is -2.34. The number of rotatable bonds is 8. The van der Waals surface area contributed by atoms with Crippen molar-refractivity contribution in [3.8, 4) is 0 Å². The number of nitrogens with one attached hydrogen (secondary N) is 2. The summed E-state index contributed by atoms with van der Waals surface area (Å²) < 4.78 is 4.77. The van der Waals surface area contributed by atoms with Crippen molar-refractivity contribution < 1.29 is 14.3 Å². The molecule has 0 aliphatic carbocycles. The molecule has 1 aromatic carbocycles. The van der Waals surface area contributed by atoms with E-state index in [4.69, 9.17) is 4.74 Å². The first-order valence-corrected chi connectivity index (χ1v) is 9.26. The molecule has 0 saturated heterocycles. The van der Waals surface area contributed by atoms with E-state index in [1.54, 1.807) is 23.5 Å². The molecule has 0 unspecified atom stereocenters. The molecule has 0 spiro atoms. The van der Waals surface area contributed by atoms with Gasteiger partial charge in [-0.25, -0.2) is 4.79 Å². The fraction of sp³-hybridized carbons (Fsp3) is 0.368. The van der Waals surface area contributed by atoms with Crippen LogP contribution >= 0.6 is 11.3 Å². The van der Waals surface area contributed by atoms with Crippen LogP contribution in [0.15, 0.2) is 35.7 Å². The Bertz CT molecular complexity index is 709. The molecule has 0 bridgehead atoms. The molecule has 5 nitrogen and oxygen atoms in total. The van der Waals surface area contributed by atoms with Gasteiger partial charge in [-0.05, 0) is 42.5 Å². The highest BCUT2D eigenvalue weighted by atomic mass is 32.1. The Kier molecular flexibility index (Phi) is 7.01. The predicted molar refractivity (Wildman–Crippen MR) is 102 cm³/mol. The number of amides is 1. The number of carbonyl (C=O) groups is 2. The number of esters is 1. The van der Waals surface area contributed by atoms with Crippen LogP contribution in [0, 0.1) is 0 Å². The summed E-state index contributed by atoms with van der Waals surface area (Å²) in [5.74, 6) is -0.542. The average molecular weight is 360 g/mol. The second-order valence-electron chi connectivity index (χ2n) is 5.71. The van der Waals surface area contributed by atoms with E-state index in [-0.39, 0.29) is 5.91 Å². The highest BCUT2D eigenvalue weighted by Crippen LogP contribution is 2.26. The number of benzene rings is 1. The molecular weight excluding hydrogens is 336 g/mol. The third-order valence-electron chi connectivity index (χ3n) is 3.97. The van der Waals surface area contributed by atoms with Crippen molar-refractivity contribution in [3.63, 3.8) is 0 Å². The van der Waals surface area contributed by atoms with Gasteiger partial charge in [0.2, 0.25) is 5.91 Å². The molecule has 2 rings (SSSR count). The second kappa shape index (κ2) is 9.22. The Morgan fingerprint density at radius 2 is 1.92 bits per heavy atom. The number of methoxy groups -OCH3 is 1. The number of hydrogen-bond acceptors (Lipinski definition) is 5. The van der Waals surface area contributed by atoms with E-state index < -0.39 is 5.97 Å². The first-order chi connectivity index (χ1) is 12.1. The summed E-state index contributed by atoms with van der Waals surface area (Å²) in [5.41, 5.74) is 1.81. The Morgan fingerprint density at radius 3 is 2.52 bits per heavy atom. The van der Waals surface area contributed by atoms with E-state index in [9.17, 15) is 9.59 Å². The van der Waals surface area contributed by atoms with E-state index in [0.29, 0.717) is 23.7 Å². The molecule has 0 aliphatic rings. The second-order valence-corrected chi connectivity index (χ2v) is 6.75. The van der Waals surface area contributed by atoms with Gasteiger partial charge in [-0.1, -0.05) is 19.9 Å². The molecular formula is C19H24N2O3S. The first kappa shape index (κ1) is 19.0. The highest BCUT2D eigenvalue weighted by Gasteiger charge is 2.14. The fourth-order valence-corrected chi connectivity index (χ4v) is 3.20. The van der Waals surface area contributed by atoms with E-state index in [1.165, 1.54) is 7.11 Å². The standard InChI is InChI=1S/C19H24N2O3S/c1-4-14(5-2)20-16-9-8-13(19(23)24-3)11-17(16)21-18(22)12-15-7-6-10-25-15/h6-11,14,20H,4-5,12H2,1-3H3,(H,21,22). The zero-order chi connectivity index (χ0) is 18.2. The van der Waals surface area contributed by atoms with Crippen molar-refractivity contribution in [2.24, 2.45) is 0 Å². The van der Waals surface area contributed by atoms with Crippen LogP contribution in [-0.2, 0) is 16.0 Å². The SMILES string of the molecule is CCC(CC)Nc1ccc(C(=O)OC)cc1NC(=O)Cc1cccs1. The molecule has 0 atom stereocenters. The van der Waals surface area contributed by atoms with Gasteiger partial charge in [0.25, 0.3) is 0 Å². The average Bonchev–Trinajstić information content (AvgIpc) is 3.12. The van der Waals surface area contributed by atoms with Gasteiger partial charge in [0.15, 0.2) is 0 Å². The summed E-state index contributed by atoms with van der Waals surface area (Å²) >= 11 is 1.55. The van der Waals surface area contributed by atoms with Crippen molar-refractivity contribution in [1.29, 1.82) is 0 Å². The van der Waals surface area contributed by atoms with Crippen LogP contribution in [0.25, 0.3) is 0 Å². The minimum Gasteiger partial charge on any atom is -0.465 e. The maximum absolute atomic E-state index is 12.4. The zero-order valence-corrected chi connectivity index (χ0v) is 15.6. The van der Waals surface area contributed by atoms with Crippen LogP contribution in [0.3, 0.4) is 0 Å². The highest BCUT2D eigenvalue weighted by molar-refractivity contribution is 7.10. The molecule has 2 aromatic rings. The van der Waals surface area contributed by atoms with E-state index in [0.717, 1.165) is 23.4 Å². The Morgan fingerprint density at radius 1 is 1.16 bits per heavy atom. The lowest BCUT2D eigenvalue weighted by Gasteiger charge is -2.20. The lowest BCUT2D eigenvalue weighted by molar-refractivity contribution is -0.115. The van der Waals surface area contributed by atoms with Crippen molar-refractivity contribution in [1.82, 2.24) is 0 Å². The lowest BCUT2D eigenvalue weighted by atomic mass is 10.1. The van der Waals surface area contributed by atoms with E-state index in [1.807, 2.05) is 23.6 Å². The Labute approximate surface area is 152 Å². The molecule has 0 aliphatic heterocycles. The maximum atomic E-state index is 12.4. The van der Waals surface area contributed by atoms with Gasteiger partial charge in [0.05, 0.1) is 30.5 Å². The number of thiophene rings is 1. The summed E-state index contributed by atoms with van der Waals surface area (Å²) in [6.07, 6.45) is 2.25. The quantitative estimate of drug-likeness (QED) is 0.688. The predicted octanol–water partition coefficient (Wildman–Crippen LogP) is 4.32. The van der Waals surface area contributed by atoms with Gasteiger partial charge in [0.1, 0.15) is 0 Å². The smallest absolute Gasteiger partial charge is 0.337 e. The van der Waals surface area contributed by atoms with Crippen LogP contribution < -0.4 is 10.6 Å². The molecule has 6 heteroatoms. The summed E-state index contributed by atoms with van der Waals surface area (Å²) in [7, 11) is 1.34. The third-order valence-corrected chi connectivity index (χ3v) is 4.85. The molecule has 2 N–H and O–H groups in total. The molecule has 1 amide bonds. The third kappa shape index (κ3) is 5.32. The number of anilines is 2. The molecule has 134 valence electrons. The topological polar surface area (TPSA) is 67.4 Å². The molecule has 1 heterocycles. The van der Waals surface area contributed by atoms with Crippen molar-refractivity contribution in [3.05, 3.63) is 46.2 Å². The molecule has 1 aromatic heterocycles. The minimum absolute atomic E-state index is 0.114. The van der Waals surface area contributed by atoms with Gasteiger partial charge in [-0.3, -0.25) is 4.79 Å². The van der Waals surface area contributed by atoms with Crippen molar-refractivity contribution in [2.45, 2.75) is 39.2 Å². The summed E-state index contributed by atoms with van der Waals surface area (Å²) in [4.78, 5) is 25.2. The zero-order valence-electron chi connectivity index (χ0n) is 14.8. The van der Waals surface area contributed by atoms with Crippen molar-refractivity contribution >= 4 is 34.6 Å². The van der Waals surface area contributed by atoms with Crippen molar-refractivity contribution in [2.75, 3.05) is 17.7 Å². The Balaban J connectivity index is 2.23. The van der Waals surface area contributed by atoms with Gasteiger partial charge in [-0.15, -0.1) is 11.3 Å². The van der Waals surface area contributed by atoms with Crippen LogP contribution in [0.4, 0.5) is 11.4 Å². The molecule has 0 fully saturated rings. The van der Waals surface area contributed by atoms with Gasteiger partial charge < -0.3 is 15.4 Å². The monoisotopic (exact) mass is 360 g/mol. The maximum Gasteiger partial charge on any atom is 0.337 e. The van der Waals surface area contributed by atoms with Crippen LogP contribution in [-0.4, -0.2) is 25.0 Å². The normalized spacial score (nSPS) is 10.6. The van der Waals surface area contributed by atoms with E-state index >= 15 is 0 Å². The molecule has 0 saturated carbocycles.